The van der Waals surface area contributed by atoms with Gasteiger partial charge in [0, 0.05) is 12.2 Å². The molecule has 0 heterocycles. The van der Waals surface area contributed by atoms with Gasteiger partial charge in [0.15, 0.2) is 0 Å². The van der Waals surface area contributed by atoms with E-state index in [-0.39, 0.29) is 12.3 Å². The third kappa shape index (κ3) is 4.26. The fraction of sp³-hybridized carbons (Fsp3) is 0.333. The molecule has 0 unspecified atom stereocenters. The van der Waals surface area contributed by atoms with Crippen molar-refractivity contribution in [2.24, 2.45) is 5.14 Å². The summed E-state index contributed by atoms with van der Waals surface area (Å²) in [5.41, 5.74) is 0.717. The summed E-state index contributed by atoms with van der Waals surface area (Å²) in [6, 6.07) is 5.10. The number of benzene rings is 1. The molecule has 0 aliphatic carbocycles. The highest BCUT2D eigenvalue weighted by Gasteiger charge is 2.04. The number of sulfonamides is 1. The summed E-state index contributed by atoms with van der Waals surface area (Å²) < 4.78 is 26.3. The van der Waals surface area contributed by atoms with Crippen molar-refractivity contribution in [2.75, 3.05) is 24.7 Å². The molecular formula is C9H13ClN2O3S. The second-order valence-corrected chi connectivity index (χ2v) is 5.28. The van der Waals surface area contributed by atoms with E-state index in [0.717, 1.165) is 5.69 Å². The molecule has 7 heteroatoms. The van der Waals surface area contributed by atoms with Crippen LogP contribution in [0.5, 0.6) is 5.75 Å². The number of hydrogen-bond donors (Lipinski definition) is 2. The number of methoxy groups -OCH3 is 1. The van der Waals surface area contributed by atoms with Crippen LogP contribution >= 0.6 is 11.6 Å². The molecule has 3 N–H and O–H groups in total. The first kappa shape index (κ1) is 13.1. The summed E-state index contributed by atoms with van der Waals surface area (Å²) in [6.07, 6.45) is 0. The van der Waals surface area contributed by atoms with Gasteiger partial charge in [0.25, 0.3) is 0 Å². The molecule has 0 atom stereocenters. The zero-order chi connectivity index (χ0) is 12.2. The van der Waals surface area contributed by atoms with Gasteiger partial charge < -0.3 is 10.1 Å². The molecule has 0 spiro atoms. The Morgan fingerprint density at radius 1 is 1.50 bits per heavy atom. The Labute approximate surface area is 99.6 Å². The van der Waals surface area contributed by atoms with Crippen molar-refractivity contribution in [2.45, 2.75) is 0 Å². The number of ether oxygens (including phenoxy) is 1. The van der Waals surface area contributed by atoms with Gasteiger partial charge in [-0.2, -0.15) is 0 Å². The molecule has 0 aliphatic heterocycles. The van der Waals surface area contributed by atoms with Gasteiger partial charge in [0.05, 0.1) is 17.9 Å². The van der Waals surface area contributed by atoms with Gasteiger partial charge in [-0.3, -0.25) is 0 Å². The van der Waals surface area contributed by atoms with E-state index in [1.165, 1.54) is 7.11 Å². The second-order valence-electron chi connectivity index (χ2n) is 3.14. The van der Waals surface area contributed by atoms with Crippen LogP contribution in [0.1, 0.15) is 0 Å². The number of anilines is 1. The Balaban J connectivity index is 2.59. The maximum atomic E-state index is 10.7. The van der Waals surface area contributed by atoms with Crippen molar-refractivity contribution in [1.29, 1.82) is 0 Å². The van der Waals surface area contributed by atoms with Crippen LogP contribution in [-0.2, 0) is 10.0 Å². The number of hydrogen-bond acceptors (Lipinski definition) is 4. The highest BCUT2D eigenvalue weighted by Crippen LogP contribution is 2.26. The molecule has 0 saturated heterocycles. The van der Waals surface area contributed by atoms with Gasteiger partial charge in [-0.05, 0) is 18.2 Å². The third-order valence-corrected chi connectivity index (χ3v) is 2.94. The second kappa shape index (κ2) is 5.38. The van der Waals surface area contributed by atoms with E-state index in [4.69, 9.17) is 21.5 Å². The lowest BCUT2D eigenvalue weighted by molar-refractivity contribution is 0.415. The van der Waals surface area contributed by atoms with E-state index < -0.39 is 10.0 Å². The number of nitrogens with two attached hydrogens (primary N) is 1. The SMILES string of the molecule is COc1ccc(NCCS(N)(=O)=O)cc1Cl. The molecule has 0 aromatic heterocycles. The maximum absolute atomic E-state index is 10.7. The number of primary sulfonamides is 1. The van der Waals surface area contributed by atoms with Gasteiger partial charge in [-0.15, -0.1) is 0 Å². The minimum atomic E-state index is -3.44. The van der Waals surface area contributed by atoms with Crippen molar-refractivity contribution in [3.63, 3.8) is 0 Å². The topological polar surface area (TPSA) is 81.4 Å². The molecule has 0 aliphatic rings. The predicted molar refractivity (Wildman–Crippen MR) is 64.5 cm³/mol. The average Bonchev–Trinajstić information content (AvgIpc) is 2.16. The zero-order valence-corrected chi connectivity index (χ0v) is 10.3. The molecule has 1 aromatic carbocycles. The first-order valence-electron chi connectivity index (χ1n) is 4.50. The van der Waals surface area contributed by atoms with Crippen LogP contribution in [0.15, 0.2) is 18.2 Å². The van der Waals surface area contributed by atoms with Crippen LogP contribution in [0.4, 0.5) is 5.69 Å². The number of halogens is 1. The Morgan fingerprint density at radius 3 is 2.69 bits per heavy atom. The lowest BCUT2D eigenvalue weighted by Crippen LogP contribution is -2.22. The Kier molecular flexibility index (Phi) is 4.40. The predicted octanol–water partition coefficient (Wildman–Crippen LogP) is 1.05. The fourth-order valence-corrected chi connectivity index (χ4v) is 1.76. The lowest BCUT2D eigenvalue weighted by Gasteiger charge is -2.08. The van der Waals surface area contributed by atoms with E-state index in [9.17, 15) is 8.42 Å². The highest BCUT2D eigenvalue weighted by atomic mass is 35.5. The molecule has 1 aromatic rings. The van der Waals surface area contributed by atoms with Crippen molar-refractivity contribution < 1.29 is 13.2 Å². The minimum Gasteiger partial charge on any atom is -0.495 e. The van der Waals surface area contributed by atoms with E-state index in [2.05, 4.69) is 5.32 Å². The summed E-state index contributed by atoms with van der Waals surface area (Å²) in [7, 11) is -1.91. The lowest BCUT2D eigenvalue weighted by atomic mass is 10.3. The van der Waals surface area contributed by atoms with Gasteiger partial charge in [0.2, 0.25) is 10.0 Å². The van der Waals surface area contributed by atoms with Gasteiger partial charge in [-0.1, -0.05) is 11.6 Å². The first-order chi connectivity index (χ1) is 7.42. The molecular weight excluding hydrogens is 252 g/mol. The molecule has 90 valence electrons. The van der Waals surface area contributed by atoms with Crippen molar-refractivity contribution in [3.05, 3.63) is 23.2 Å². The van der Waals surface area contributed by atoms with Gasteiger partial charge in [0.1, 0.15) is 5.75 Å². The largest absolute Gasteiger partial charge is 0.495 e. The van der Waals surface area contributed by atoms with Crippen LogP contribution in [0.2, 0.25) is 5.02 Å². The van der Waals surface area contributed by atoms with Crippen LogP contribution < -0.4 is 15.2 Å². The molecule has 16 heavy (non-hydrogen) atoms. The minimum absolute atomic E-state index is 0.128. The Morgan fingerprint density at radius 2 is 2.19 bits per heavy atom. The fourth-order valence-electron chi connectivity index (χ4n) is 1.11. The van der Waals surface area contributed by atoms with E-state index in [1.807, 2.05) is 0 Å². The van der Waals surface area contributed by atoms with E-state index >= 15 is 0 Å². The molecule has 0 radical (unpaired) electrons. The van der Waals surface area contributed by atoms with Crippen LogP contribution in [0.3, 0.4) is 0 Å². The molecule has 1 rings (SSSR count). The smallest absolute Gasteiger partial charge is 0.210 e. The number of rotatable bonds is 5. The Bertz CT molecular complexity index is 462. The quantitative estimate of drug-likeness (QED) is 0.833. The van der Waals surface area contributed by atoms with Crippen molar-refractivity contribution >= 4 is 27.3 Å². The summed E-state index contributed by atoms with van der Waals surface area (Å²) in [4.78, 5) is 0. The summed E-state index contributed by atoms with van der Waals surface area (Å²) in [5.74, 6) is 0.440. The third-order valence-electron chi connectivity index (χ3n) is 1.87. The van der Waals surface area contributed by atoms with E-state index in [0.29, 0.717) is 10.8 Å². The van der Waals surface area contributed by atoms with Crippen LogP contribution in [-0.4, -0.2) is 27.8 Å². The highest BCUT2D eigenvalue weighted by molar-refractivity contribution is 7.89. The maximum Gasteiger partial charge on any atom is 0.210 e. The Hall–Kier alpha value is -0.980. The molecule has 0 fully saturated rings. The molecule has 0 amide bonds. The summed E-state index contributed by atoms with van der Waals surface area (Å²) in [6.45, 7) is 0.238. The molecule has 0 saturated carbocycles. The molecule has 0 bridgehead atoms. The van der Waals surface area contributed by atoms with Crippen LogP contribution in [0, 0.1) is 0 Å². The van der Waals surface area contributed by atoms with Crippen molar-refractivity contribution in [1.82, 2.24) is 0 Å². The van der Waals surface area contributed by atoms with Crippen molar-refractivity contribution in [3.8, 4) is 5.75 Å². The zero-order valence-electron chi connectivity index (χ0n) is 8.73. The van der Waals surface area contributed by atoms with Gasteiger partial charge in [-0.25, -0.2) is 13.6 Å². The number of nitrogens with one attached hydrogen (secondary N) is 1. The first-order valence-corrected chi connectivity index (χ1v) is 6.59. The standard InChI is InChI=1S/C9H13ClN2O3S/c1-15-9-3-2-7(6-8(9)10)12-4-5-16(11,13)14/h2-3,6,12H,4-5H2,1H3,(H2,11,13,14). The molecule has 5 nitrogen and oxygen atoms in total. The summed E-state index contributed by atoms with van der Waals surface area (Å²) in [5, 5.41) is 8.22. The average molecular weight is 265 g/mol. The monoisotopic (exact) mass is 264 g/mol. The normalized spacial score (nSPS) is 11.2. The van der Waals surface area contributed by atoms with E-state index in [1.54, 1.807) is 18.2 Å². The van der Waals surface area contributed by atoms with Crippen LogP contribution in [0.25, 0.3) is 0 Å². The summed E-state index contributed by atoms with van der Waals surface area (Å²) >= 11 is 5.89. The van der Waals surface area contributed by atoms with Gasteiger partial charge >= 0.3 is 0 Å².